The molecule has 0 saturated carbocycles. The largest absolute Gasteiger partial charge is 0.463 e. The zero-order valence-electron chi connectivity index (χ0n) is 8.07. The monoisotopic (exact) mass is 248 g/mol. The average Bonchev–Trinajstić information content (AvgIpc) is 2.18. The summed E-state index contributed by atoms with van der Waals surface area (Å²) in [6, 6.07) is 6.66. The molecular weight excluding hydrogens is 239 g/mol. The number of carbonyl (C=O) groups is 1. The van der Waals surface area contributed by atoms with Crippen LogP contribution in [0.25, 0.3) is 0 Å². The molecule has 1 aromatic carbocycles. The summed E-state index contributed by atoms with van der Waals surface area (Å²) in [6.45, 7) is 1.81. The molecule has 0 aromatic heterocycles. The van der Waals surface area contributed by atoms with Gasteiger partial charge in [0.15, 0.2) is 0 Å². The summed E-state index contributed by atoms with van der Waals surface area (Å²) in [5.74, 6) is -0.859. The van der Waals surface area contributed by atoms with Crippen LogP contribution in [0.5, 0.6) is 0 Å². The lowest BCUT2D eigenvalue weighted by molar-refractivity contribution is -0.145. The highest BCUT2D eigenvalue weighted by molar-refractivity contribution is 8.00. The molecule has 0 N–H and O–H groups in total. The van der Waals surface area contributed by atoms with E-state index in [2.05, 4.69) is 4.74 Å². The third kappa shape index (κ3) is 4.10. The first kappa shape index (κ1) is 12.3. The maximum Gasteiger partial charge on any atom is 0.351 e. The maximum absolute atomic E-state index is 13.2. The van der Waals surface area contributed by atoms with E-state index in [1.807, 2.05) is 0 Å². The number of rotatable bonds is 4. The topological polar surface area (TPSA) is 26.3 Å². The van der Waals surface area contributed by atoms with Crippen LogP contribution < -0.4 is 0 Å². The van der Waals surface area contributed by atoms with Gasteiger partial charge in [-0.05, 0) is 25.1 Å². The fourth-order valence-electron chi connectivity index (χ4n) is 0.916. The molecule has 1 atom stereocenters. The quantitative estimate of drug-likeness (QED) is 0.604. The third-order valence-corrected chi connectivity index (χ3v) is 2.67. The average molecular weight is 249 g/mol. The van der Waals surface area contributed by atoms with Crippen molar-refractivity contribution in [3.63, 3.8) is 0 Å². The number of benzene rings is 1. The standard InChI is InChI=1S/C10H10ClFO2S/c1-2-14-10(13)9(12)15-8-5-3-4-7(11)6-8/h3-6,9H,2H2,1H3. The van der Waals surface area contributed by atoms with E-state index in [0.29, 0.717) is 9.92 Å². The molecule has 0 heterocycles. The zero-order valence-corrected chi connectivity index (χ0v) is 9.65. The molecule has 0 aliphatic heterocycles. The first-order chi connectivity index (χ1) is 7.13. The Morgan fingerprint density at radius 3 is 3.00 bits per heavy atom. The Bertz CT molecular complexity index is 346. The van der Waals surface area contributed by atoms with Crippen LogP contribution in [0.15, 0.2) is 29.2 Å². The molecule has 0 spiro atoms. The van der Waals surface area contributed by atoms with E-state index < -0.39 is 11.5 Å². The second kappa shape index (κ2) is 5.98. The fourth-order valence-corrected chi connectivity index (χ4v) is 1.93. The highest BCUT2D eigenvalue weighted by Gasteiger charge is 2.19. The van der Waals surface area contributed by atoms with Crippen LogP contribution >= 0.6 is 23.4 Å². The van der Waals surface area contributed by atoms with Crippen molar-refractivity contribution in [1.29, 1.82) is 0 Å². The molecule has 1 unspecified atom stereocenters. The molecular formula is C10H10ClFO2S. The van der Waals surface area contributed by atoms with Crippen molar-refractivity contribution < 1.29 is 13.9 Å². The summed E-state index contributed by atoms with van der Waals surface area (Å²) in [4.78, 5) is 11.6. The minimum atomic E-state index is -1.71. The maximum atomic E-state index is 13.2. The first-order valence-corrected chi connectivity index (χ1v) is 5.62. The molecule has 2 nitrogen and oxygen atoms in total. The van der Waals surface area contributed by atoms with Gasteiger partial charge in [0.05, 0.1) is 6.61 Å². The van der Waals surface area contributed by atoms with Gasteiger partial charge >= 0.3 is 5.97 Å². The second-order valence-corrected chi connectivity index (χ2v) is 4.20. The van der Waals surface area contributed by atoms with Gasteiger partial charge in [-0.15, -0.1) is 0 Å². The number of thioether (sulfide) groups is 1. The van der Waals surface area contributed by atoms with Crippen LogP contribution in [-0.4, -0.2) is 18.1 Å². The number of carbonyl (C=O) groups excluding carboxylic acids is 1. The molecule has 1 aromatic rings. The van der Waals surface area contributed by atoms with Crippen molar-refractivity contribution in [1.82, 2.24) is 0 Å². The molecule has 15 heavy (non-hydrogen) atoms. The first-order valence-electron chi connectivity index (χ1n) is 4.36. The molecule has 0 amide bonds. The molecule has 82 valence electrons. The summed E-state index contributed by atoms with van der Waals surface area (Å²) >= 11 is 6.50. The van der Waals surface area contributed by atoms with E-state index in [9.17, 15) is 9.18 Å². The van der Waals surface area contributed by atoms with Gasteiger partial charge in [0.2, 0.25) is 5.50 Å². The molecule has 0 bridgehead atoms. The molecule has 1 rings (SSSR count). The Balaban J connectivity index is 2.58. The summed E-state index contributed by atoms with van der Waals surface area (Å²) in [5, 5.41) is 0.510. The van der Waals surface area contributed by atoms with Crippen molar-refractivity contribution in [3.05, 3.63) is 29.3 Å². The van der Waals surface area contributed by atoms with E-state index in [0.717, 1.165) is 11.8 Å². The number of ether oxygens (including phenoxy) is 1. The van der Waals surface area contributed by atoms with E-state index in [1.165, 1.54) is 0 Å². The van der Waals surface area contributed by atoms with E-state index in [1.54, 1.807) is 31.2 Å². The van der Waals surface area contributed by atoms with Gasteiger partial charge in [-0.3, -0.25) is 0 Å². The number of hydrogen-bond donors (Lipinski definition) is 0. The highest BCUT2D eigenvalue weighted by atomic mass is 35.5. The van der Waals surface area contributed by atoms with Gasteiger partial charge in [-0.25, -0.2) is 9.18 Å². The smallest absolute Gasteiger partial charge is 0.351 e. The summed E-state index contributed by atoms with van der Waals surface area (Å²) in [6.07, 6.45) is 0. The molecule has 0 saturated heterocycles. The van der Waals surface area contributed by atoms with Crippen LogP contribution in [0.2, 0.25) is 5.02 Å². The number of hydrogen-bond acceptors (Lipinski definition) is 3. The van der Waals surface area contributed by atoms with Gasteiger partial charge < -0.3 is 4.74 Å². The second-order valence-electron chi connectivity index (χ2n) is 2.64. The third-order valence-electron chi connectivity index (χ3n) is 1.51. The SMILES string of the molecule is CCOC(=O)C(F)Sc1cccc(Cl)c1. The van der Waals surface area contributed by atoms with Crippen LogP contribution in [0.4, 0.5) is 4.39 Å². The Kier molecular flexibility index (Phi) is 4.91. The van der Waals surface area contributed by atoms with Gasteiger partial charge in [-0.2, -0.15) is 0 Å². The predicted octanol–water partition coefficient (Wildman–Crippen LogP) is 3.29. The van der Waals surface area contributed by atoms with Crippen LogP contribution in [0.1, 0.15) is 6.92 Å². The van der Waals surface area contributed by atoms with Gasteiger partial charge in [-0.1, -0.05) is 29.4 Å². The lowest BCUT2D eigenvalue weighted by Crippen LogP contribution is -2.15. The van der Waals surface area contributed by atoms with Gasteiger partial charge in [0.25, 0.3) is 0 Å². The van der Waals surface area contributed by atoms with E-state index in [-0.39, 0.29) is 6.61 Å². The van der Waals surface area contributed by atoms with E-state index in [4.69, 9.17) is 11.6 Å². The van der Waals surface area contributed by atoms with Crippen molar-refractivity contribution in [3.8, 4) is 0 Å². The van der Waals surface area contributed by atoms with Crippen LogP contribution in [0, 0.1) is 0 Å². The predicted molar refractivity (Wildman–Crippen MR) is 58.8 cm³/mol. The fraction of sp³-hybridized carbons (Fsp3) is 0.300. The Labute approximate surface area is 96.8 Å². The number of esters is 1. The van der Waals surface area contributed by atoms with Gasteiger partial charge in [0.1, 0.15) is 0 Å². The molecule has 0 radical (unpaired) electrons. The Morgan fingerprint density at radius 2 is 2.40 bits per heavy atom. The number of alkyl halides is 1. The zero-order chi connectivity index (χ0) is 11.3. The highest BCUT2D eigenvalue weighted by Crippen LogP contribution is 2.27. The Hall–Kier alpha value is -0.740. The summed E-state index contributed by atoms with van der Waals surface area (Å²) < 4.78 is 17.8. The van der Waals surface area contributed by atoms with Crippen LogP contribution in [-0.2, 0) is 9.53 Å². The van der Waals surface area contributed by atoms with Gasteiger partial charge in [0, 0.05) is 9.92 Å². The minimum Gasteiger partial charge on any atom is -0.463 e. The van der Waals surface area contributed by atoms with E-state index >= 15 is 0 Å². The normalized spacial score (nSPS) is 12.2. The van der Waals surface area contributed by atoms with Crippen molar-refractivity contribution in [2.75, 3.05) is 6.61 Å². The Morgan fingerprint density at radius 1 is 1.67 bits per heavy atom. The lowest BCUT2D eigenvalue weighted by Gasteiger charge is -2.06. The van der Waals surface area contributed by atoms with Crippen LogP contribution in [0.3, 0.4) is 0 Å². The minimum absolute atomic E-state index is 0.176. The van der Waals surface area contributed by atoms with Crippen molar-refractivity contribution in [2.45, 2.75) is 17.3 Å². The summed E-state index contributed by atoms with van der Waals surface area (Å²) in [5.41, 5.74) is -1.71. The molecule has 0 aliphatic carbocycles. The van der Waals surface area contributed by atoms with Crippen molar-refractivity contribution in [2.24, 2.45) is 0 Å². The molecule has 0 aliphatic rings. The molecule has 5 heteroatoms. The van der Waals surface area contributed by atoms with Crippen molar-refractivity contribution >= 4 is 29.3 Å². The molecule has 0 fully saturated rings. The lowest BCUT2D eigenvalue weighted by atomic mass is 10.4. The summed E-state index contributed by atoms with van der Waals surface area (Å²) in [7, 11) is 0. The number of halogens is 2.